The molecule has 0 saturated heterocycles. The molecule has 0 bridgehead atoms. The number of nitrogens with one attached hydrogen (secondary N) is 1. The lowest BCUT2D eigenvalue weighted by Gasteiger charge is -2.14. The summed E-state index contributed by atoms with van der Waals surface area (Å²) < 4.78 is 7.15. The minimum Gasteiger partial charge on any atom is -0.338 e. The van der Waals surface area contributed by atoms with Crippen LogP contribution in [0.2, 0.25) is 0 Å². The van der Waals surface area contributed by atoms with Gasteiger partial charge >= 0.3 is 0 Å². The SMILES string of the molecule is C[C@@H](NCc1nc(C2CC2)no1)c1cccc(-n2cccn2)c1. The van der Waals surface area contributed by atoms with Crippen molar-refractivity contribution < 1.29 is 4.52 Å². The third-order valence-corrected chi connectivity index (χ3v) is 4.12. The van der Waals surface area contributed by atoms with Crippen molar-refractivity contribution in [1.29, 1.82) is 0 Å². The van der Waals surface area contributed by atoms with Crippen molar-refractivity contribution in [2.45, 2.75) is 38.3 Å². The van der Waals surface area contributed by atoms with Crippen LogP contribution in [0.15, 0.2) is 47.2 Å². The third kappa shape index (κ3) is 3.17. The summed E-state index contributed by atoms with van der Waals surface area (Å²) in [5.41, 5.74) is 2.25. The van der Waals surface area contributed by atoms with Gasteiger partial charge in [0.2, 0.25) is 5.89 Å². The topological polar surface area (TPSA) is 68.8 Å². The Bertz CT molecular complexity index is 776. The highest BCUT2D eigenvalue weighted by molar-refractivity contribution is 5.36. The summed E-state index contributed by atoms with van der Waals surface area (Å²) in [6.45, 7) is 2.70. The molecule has 0 amide bonds. The van der Waals surface area contributed by atoms with Crippen molar-refractivity contribution in [3.05, 3.63) is 60.0 Å². The molecule has 0 aliphatic heterocycles. The fraction of sp³-hybridized carbons (Fsp3) is 0.353. The van der Waals surface area contributed by atoms with E-state index in [2.05, 4.69) is 39.6 Å². The van der Waals surface area contributed by atoms with E-state index in [9.17, 15) is 0 Å². The first-order valence-corrected chi connectivity index (χ1v) is 7.95. The van der Waals surface area contributed by atoms with Gasteiger partial charge in [0.1, 0.15) is 0 Å². The van der Waals surface area contributed by atoms with Gasteiger partial charge in [-0.15, -0.1) is 0 Å². The first-order valence-electron chi connectivity index (χ1n) is 7.95. The Balaban J connectivity index is 1.42. The fourth-order valence-corrected chi connectivity index (χ4v) is 2.56. The second kappa shape index (κ2) is 5.96. The van der Waals surface area contributed by atoms with Crippen LogP contribution in [-0.4, -0.2) is 19.9 Å². The molecule has 2 heterocycles. The number of nitrogens with zero attached hydrogens (tertiary/aromatic N) is 4. The van der Waals surface area contributed by atoms with Crippen LogP contribution in [0.5, 0.6) is 0 Å². The average molecular weight is 309 g/mol. The van der Waals surface area contributed by atoms with Crippen molar-refractivity contribution in [3.8, 4) is 5.69 Å². The van der Waals surface area contributed by atoms with Crippen LogP contribution in [0, 0.1) is 0 Å². The van der Waals surface area contributed by atoms with E-state index in [4.69, 9.17) is 4.52 Å². The Hall–Kier alpha value is -2.47. The van der Waals surface area contributed by atoms with Crippen molar-refractivity contribution in [3.63, 3.8) is 0 Å². The van der Waals surface area contributed by atoms with Gasteiger partial charge in [0.15, 0.2) is 5.82 Å². The van der Waals surface area contributed by atoms with Crippen LogP contribution < -0.4 is 5.32 Å². The highest BCUT2D eigenvalue weighted by atomic mass is 16.5. The zero-order valence-corrected chi connectivity index (χ0v) is 13.0. The van der Waals surface area contributed by atoms with Crippen LogP contribution in [0.1, 0.15) is 49.0 Å². The third-order valence-electron chi connectivity index (χ3n) is 4.12. The fourth-order valence-electron chi connectivity index (χ4n) is 2.56. The standard InChI is InChI=1S/C17H19N5O/c1-12(18-11-16-20-17(21-23-16)13-6-7-13)14-4-2-5-15(10-14)22-9-3-8-19-22/h2-5,8-10,12-13,18H,6-7,11H2,1H3/t12-/m1/s1. The summed E-state index contributed by atoms with van der Waals surface area (Å²) in [5, 5.41) is 11.7. The molecule has 1 aromatic carbocycles. The summed E-state index contributed by atoms with van der Waals surface area (Å²) in [6, 6.07) is 10.4. The molecule has 1 aliphatic rings. The van der Waals surface area contributed by atoms with Crippen LogP contribution in [-0.2, 0) is 6.54 Å². The van der Waals surface area contributed by atoms with Crippen LogP contribution in [0.4, 0.5) is 0 Å². The van der Waals surface area contributed by atoms with Gasteiger partial charge in [-0.1, -0.05) is 17.3 Å². The van der Waals surface area contributed by atoms with Crippen molar-refractivity contribution in [2.75, 3.05) is 0 Å². The molecule has 1 N–H and O–H groups in total. The van der Waals surface area contributed by atoms with E-state index < -0.39 is 0 Å². The molecular weight excluding hydrogens is 290 g/mol. The minimum atomic E-state index is 0.182. The Labute approximate surface area is 134 Å². The Morgan fingerprint density at radius 3 is 3.04 bits per heavy atom. The molecule has 6 heteroatoms. The predicted octanol–water partition coefficient (Wildman–Crippen LogP) is 2.98. The summed E-state index contributed by atoms with van der Waals surface area (Å²) in [5.74, 6) is 2.03. The Morgan fingerprint density at radius 2 is 2.26 bits per heavy atom. The monoisotopic (exact) mass is 309 g/mol. The van der Waals surface area contributed by atoms with Crippen LogP contribution >= 0.6 is 0 Å². The molecule has 1 saturated carbocycles. The molecule has 0 spiro atoms. The molecule has 4 rings (SSSR count). The van der Waals surface area contributed by atoms with Gasteiger partial charge in [0.05, 0.1) is 12.2 Å². The quantitative estimate of drug-likeness (QED) is 0.758. The van der Waals surface area contributed by atoms with Gasteiger partial charge in [-0.2, -0.15) is 10.1 Å². The molecule has 0 unspecified atom stereocenters. The van der Waals surface area contributed by atoms with Gasteiger partial charge in [-0.3, -0.25) is 0 Å². The molecule has 0 radical (unpaired) electrons. The zero-order chi connectivity index (χ0) is 15.6. The second-order valence-corrected chi connectivity index (χ2v) is 5.97. The van der Waals surface area contributed by atoms with E-state index in [1.807, 2.05) is 29.1 Å². The van der Waals surface area contributed by atoms with E-state index in [0.29, 0.717) is 18.4 Å². The minimum absolute atomic E-state index is 0.182. The van der Waals surface area contributed by atoms with Gasteiger partial charge < -0.3 is 9.84 Å². The number of rotatable bonds is 6. The molecule has 1 fully saturated rings. The first-order chi connectivity index (χ1) is 11.3. The number of hydrogen-bond donors (Lipinski definition) is 1. The molecule has 1 aliphatic carbocycles. The van der Waals surface area contributed by atoms with Crippen LogP contribution in [0.3, 0.4) is 0 Å². The lowest BCUT2D eigenvalue weighted by Crippen LogP contribution is -2.18. The van der Waals surface area contributed by atoms with Crippen molar-refractivity contribution in [1.82, 2.24) is 25.2 Å². The summed E-state index contributed by atoms with van der Waals surface area (Å²) in [7, 11) is 0. The molecule has 2 aromatic heterocycles. The average Bonchev–Trinajstić information content (AvgIpc) is 3.11. The number of aromatic nitrogens is 4. The highest BCUT2D eigenvalue weighted by Gasteiger charge is 2.28. The number of hydrogen-bond acceptors (Lipinski definition) is 5. The van der Waals surface area contributed by atoms with E-state index in [1.165, 1.54) is 18.4 Å². The van der Waals surface area contributed by atoms with Gasteiger partial charge in [0.25, 0.3) is 0 Å². The lowest BCUT2D eigenvalue weighted by molar-refractivity contribution is 0.356. The van der Waals surface area contributed by atoms with Crippen molar-refractivity contribution in [2.24, 2.45) is 0 Å². The normalized spacial score (nSPS) is 15.7. The van der Waals surface area contributed by atoms with Gasteiger partial charge in [0, 0.05) is 24.4 Å². The second-order valence-electron chi connectivity index (χ2n) is 5.97. The summed E-state index contributed by atoms with van der Waals surface area (Å²) in [6.07, 6.45) is 6.09. The largest absolute Gasteiger partial charge is 0.338 e. The first kappa shape index (κ1) is 14.1. The van der Waals surface area contributed by atoms with E-state index in [-0.39, 0.29) is 6.04 Å². The molecule has 3 aromatic rings. The van der Waals surface area contributed by atoms with Gasteiger partial charge in [-0.05, 0) is 43.5 Å². The predicted molar refractivity (Wildman–Crippen MR) is 85.1 cm³/mol. The molecule has 23 heavy (non-hydrogen) atoms. The molecule has 6 nitrogen and oxygen atoms in total. The van der Waals surface area contributed by atoms with E-state index in [0.717, 1.165) is 11.5 Å². The van der Waals surface area contributed by atoms with Gasteiger partial charge in [-0.25, -0.2) is 4.68 Å². The maximum Gasteiger partial charge on any atom is 0.240 e. The lowest BCUT2D eigenvalue weighted by atomic mass is 10.1. The molecule has 118 valence electrons. The smallest absolute Gasteiger partial charge is 0.240 e. The molecular formula is C17H19N5O. The molecule has 1 atom stereocenters. The summed E-state index contributed by atoms with van der Waals surface area (Å²) in [4.78, 5) is 4.44. The Kier molecular flexibility index (Phi) is 3.67. The maximum absolute atomic E-state index is 5.30. The summed E-state index contributed by atoms with van der Waals surface area (Å²) >= 11 is 0. The number of benzene rings is 1. The van der Waals surface area contributed by atoms with E-state index in [1.54, 1.807) is 6.20 Å². The maximum atomic E-state index is 5.30. The highest BCUT2D eigenvalue weighted by Crippen LogP contribution is 2.38. The van der Waals surface area contributed by atoms with E-state index >= 15 is 0 Å². The van der Waals surface area contributed by atoms with Crippen LogP contribution in [0.25, 0.3) is 5.69 Å². The zero-order valence-electron chi connectivity index (χ0n) is 13.0. The van der Waals surface area contributed by atoms with Crippen molar-refractivity contribution >= 4 is 0 Å². The Morgan fingerprint density at radius 1 is 1.35 bits per heavy atom.